The van der Waals surface area contributed by atoms with Gasteiger partial charge in [-0.25, -0.2) is 14.3 Å². The Morgan fingerprint density at radius 3 is 2.48 bits per heavy atom. The third kappa shape index (κ3) is 3.82. The number of aromatic nitrogens is 3. The van der Waals surface area contributed by atoms with Gasteiger partial charge in [0, 0.05) is 12.2 Å². The van der Waals surface area contributed by atoms with E-state index in [4.69, 9.17) is 0 Å². The molecule has 0 aliphatic carbocycles. The fraction of sp³-hybridized carbons (Fsp3) is 0.238. The van der Waals surface area contributed by atoms with Crippen molar-refractivity contribution in [3.63, 3.8) is 0 Å². The summed E-state index contributed by atoms with van der Waals surface area (Å²) in [7, 11) is 0. The van der Waals surface area contributed by atoms with E-state index in [0.29, 0.717) is 24.5 Å². The highest BCUT2D eigenvalue weighted by Gasteiger charge is 2.33. The lowest BCUT2D eigenvalue weighted by atomic mass is 10.1. The lowest BCUT2D eigenvalue weighted by Gasteiger charge is -2.15. The summed E-state index contributed by atoms with van der Waals surface area (Å²) in [5, 5.41) is 6.96. The molecule has 2 aromatic carbocycles. The average molecular weight is 391 g/mol. The van der Waals surface area contributed by atoms with Gasteiger partial charge < -0.3 is 5.32 Å². The first-order valence-corrected chi connectivity index (χ1v) is 9.41. The smallest absolute Gasteiger partial charge is 0.354 e. The molecule has 2 amide bonds. The molecule has 4 rings (SSSR count). The van der Waals surface area contributed by atoms with Crippen molar-refractivity contribution in [2.24, 2.45) is 0 Å². The van der Waals surface area contributed by atoms with Crippen molar-refractivity contribution in [3.8, 4) is 0 Å². The van der Waals surface area contributed by atoms with Crippen LogP contribution in [0.4, 0.5) is 10.5 Å². The summed E-state index contributed by atoms with van der Waals surface area (Å²) in [4.78, 5) is 38.9. The van der Waals surface area contributed by atoms with Crippen molar-refractivity contribution < 1.29 is 9.59 Å². The molecular formula is C21H21N5O3. The largest absolute Gasteiger partial charge is 0.354 e. The minimum atomic E-state index is -0.599. The fourth-order valence-electron chi connectivity index (χ4n) is 3.29. The average Bonchev–Trinajstić information content (AvgIpc) is 3.20. The Kier molecular flexibility index (Phi) is 4.99. The predicted octanol–water partition coefficient (Wildman–Crippen LogP) is 1.70. The van der Waals surface area contributed by atoms with Crippen molar-refractivity contribution in [2.45, 2.75) is 26.4 Å². The number of amides is 2. The zero-order chi connectivity index (χ0) is 20.4. The molecule has 0 saturated heterocycles. The summed E-state index contributed by atoms with van der Waals surface area (Å²) in [5.74, 6) is 0.0142. The molecule has 29 heavy (non-hydrogen) atoms. The number of hydrogen-bond donors (Lipinski definition) is 1. The SMILES string of the molecule is Cc1ccc(N2Cc3nn(CC(=O)NCCc4ccccc4)c(=O)n3C2=O)cc1. The summed E-state index contributed by atoms with van der Waals surface area (Å²) in [6.07, 6.45) is 0.700. The van der Waals surface area contributed by atoms with Crippen LogP contribution in [-0.4, -0.2) is 32.8 Å². The zero-order valence-electron chi connectivity index (χ0n) is 16.0. The quantitative estimate of drug-likeness (QED) is 0.693. The maximum atomic E-state index is 12.7. The highest BCUT2D eigenvalue weighted by molar-refractivity contribution is 5.96. The predicted molar refractivity (Wildman–Crippen MR) is 108 cm³/mol. The van der Waals surface area contributed by atoms with Gasteiger partial charge in [0.15, 0.2) is 5.82 Å². The zero-order valence-corrected chi connectivity index (χ0v) is 16.0. The first-order chi connectivity index (χ1) is 14.0. The minimum Gasteiger partial charge on any atom is -0.354 e. The Balaban J connectivity index is 1.39. The van der Waals surface area contributed by atoms with Crippen LogP contribution in [-0.2, 0) is 24.3 Å². The molecule has 8 heteroatoms. The molecule has 8 nitrogen and oxygen atoms in total. The van der Waals surface area contributed by atoms with E-state index in [1.54, 1.807) is 0 Å². The number of carbonyl (C=O) groups excluding carboxylic acids is 2. The van der Waals surface area contributed by atoms with Crippen LogP contribution in [0.15, 0.2) is 59.4 Å². The molecule has 0 bridgehead atoms. The normalized spacial score (nSPS) is 12.9. The first kappa shape index (κ1) is 18.7. The Bertz CT molecular complexity index is 1100. The van der Waals surface area contributed by atoms with Crippen molar-refractivity contribution in [1.82, 2.24) is 19.7 Å². The van der Waals surface area contributed by atoms with Crippen molar-refractivity contribution in [3.05, 3.63) is 82.0 Å². The summed E-state index contributed by atoms with van der Waals surface area (Å²) < 4.78 is 2.06. The van der Waals surface area contributed by atoms with Gasteiger partial charge in [-0.2, -0.15) is 9.67 Å². The van der Waals surface area contributed by atoms with Crippen LogP contribution < -0.4 is 15.9 Å². The Morgan fingerprint density at radius 2 is 1.79 bits per heavy atom. The van der Waals surface area contributed by atoms with E-state index >= 15 is 0 Å². The lowest BCUT2D eigenvalue weighted by Crippen LogP contribution is -2.38. The van der Waals surface area contributed by atoms with Gasteiger partial charge in [-0.15, -0.1) is 0 Å². The van der Waals surface area contributed by atoms with Gasteiger partial charge in [0.2, 0.25) is 5.91 Å². The Hall–Kier alpha value is -3.68. The second-order valence-corrected chi connectivity index (χ2v) is 6.98. The van der Waals surface area contributed by atoms with Gasteiger partial charge >= 0.3 is 11.7 Å². The number of fused-ring (bicyclic) bond motifs is 1. The molecule has 0 saturated carbocycles. The summed E-state index contributed by atoms with van der Waals surface area (Å²) >= 11 is 0. The van der Waals surface area contributed by atoms with Gasteiger partial charge in [-0.3, -0.25) is 9.69 Å². The molecule has 2 heterocycles. The van der Waals surface area contributed by atoms with Crippen molar-refractivity contribution in [2.75, 3.05) is 11.4 Å². The van der Waals surface area contributed by atoms with E-state index in [2.05, 4.69) is 10.4 Å². The van der Waals surface area contributed by atoms with Gasteiger partial charge in [-0.1, -0.05) is 48.0 Å². The Morgan fingerprint density at radius 1 is 1.07 bits per heavy atom. The van der Waals surface area contributed by atoms with Crippen LogP contribution in [0.2, 0.25) is 0 Å². The lowest BCUT2D eigenvalue weighted by molar-refractivity contribution is -0.121. The van der Waals surface area contributed by atoms with Gasteiger partial charge in [-0.05, 0) is 31.0 Å². The van der Waals surface area contributed by atoms with Crippen LogP contribution in [0.5, 0.6) is 0 Å². The molecule has 0 atom stereocenters. The van der Waals surface area contributed by atoms with E-state index in [1.165, 1.54) is 4.90 Å². The molecule has 148 valence electrons. The van der Waals surface area contributed by atoms with E-state index < -0.39 is 11.7 Å². The first-order valence-electron chi connectivity index (χ1n) is 9.41. The van der Waals surface area contributed by atoms with Crippen molar-refractivity contribution in [1.29, 1.82) is 0 Å². The molecule has 0 radical (unpaired) electrons. The van der Waals surface area contributed by atoms with E-state index in [0.717, 1.165) is 20.4 Å². The monoisotopic (exact) mass is 391 g/mol. The van der Waals surface area contributed by atoms with E-state index in [9.17, 15) is 14.4 Å². The number of rotatable bonds is 6. The van der Waals surface area contributed by atoms with Gasteiger partial charge in [0.05, 0.1) is 6.54 Å². The third-order valence-electron chi connectivity index (χ3n) is 4.85. The Labute approximate surface area is 167 Å². The number of nitrogens with one attached hydrogen (secondary N) is 1. The second-order valence-electron chi connectivity index (χ2n) is 6.98. The maximum absolute atomic E-state index is 12.7. The van der Waals surface area contributed by atoms with Crippen LogP contribution in [0.1, 0.15) is 17.0 Å². The maximum Gasteiger partial charge on any atom is 0.354 e. The molecule has 0 fully saturated rings. The number of benzene rings is 2. The molecular weight excluding hydrogens is 370 g/mol. The fourth-order valence-corrected chi connectivity index (χ4v) is 3.29. The number of anilines is 1. The van der Waals surface area contributed by atoms with Gasteiger partial charge in [0.1, 0.15) is 6.54 Å². The molecule has 1 aliphatic heterocycles. The third-order valence-corrected chi connectivity index (χ3v) is 4.85. The molecule has 1 aliphatic rings. The minimum absolute atomic E-state index is 0.194. The molecule has 1 N–H and O–H groups in total. The van der Waals surface area contributed by atoms with Gasteiger partial charge in [0.25, 0.3) is 0 Å². The van der Waals surface area contributed by atoms with Crippen LogP contribution >= 0.6 is 0 Å². The van der Waals surface area contributed by atoms with E-state index in [1.807, 2.05) is 61.5 Å². The molecule has 3 aromatic rings. The van der Waals surface area contributed by atoms with E-state index in [-0.39, 0.29) is 19.0 Å². The van der Waals surface area contributed by atoms with Crippen LogP contribution in [0.25, 0.3) is 0 Å². The number of carbonyl (C=O) groups is 2. The summed E-state index contributed by atoms with van der Waals surface area (Å²) in [6.45, 7) is 2.40. The second kappa shape index (κ2) is 7.75. The highest BCUT2D eigenvalue weighted by Crippen LogP contribution is 2.22. The molecule has 0 spiro atoms. The van der Waals surface area contributed by atoms with Crippen LogP contribution in [0.3, 0.4) is 0 Å². The summed E-state index contributed by atoms with van der Waals surface area (Å²) in [5.41, 5.74) is 2.31. The molecule has 0 unspecified atom stereocenters. The molecule has 1 aromatic heterocycles. The standard InChI is InChI=1S/C21H21N5O3/c1-15-7-9-17(10-8-15)24-13-18-23-25(21(29)26(18)20(24)28)14-19(27)22-12-11-16-5-3-2-4-6-16/h2-10H,11-14H2,1H3,(H,22,27). The van der Waals surface area contributed by atoms with Crippen molar-refractivity contribution >= 4 is 17.6 Å². The number of hydrogen-bond acceptors (Lipinski definition) is 4. The van der Waals surface area contributed by atoms with Crippen LogP contribution in [0, 0.1) is 6.92 Å². The number of aryl methyl sites for hydroxylation is 1. The topological polar surface area (TPSA) is 89.2 Å². The highest BCUT2D eigenvalue weighted by atomic mass is 16.2. The number of nitrogens with zero attached hydrogens (tertiary/aromatic N) is 4. The summed E-state index contributed by atoms with van der Waals surface area (Å²) in [6, 6.07) is 16.8.